The summed E-state index contributed by atoms with van der Waals surface area (Å²) in [5, 5.41) is 10.5. The minimum Gasteiger partial charge on any atom is -0.346 e. The number of benzene rings is 2. The summed E-state index contributed by atoms with van der Waals surface area (Å²) in [4.78, 5) is 12.2. The van der Waals surface area contributed by atoms with Gasteiger partial charge in [0.05, 0.1) is 6.54 Å². The first-order chi connectivity index (χ1) is 11.6. The van der Waals surface area contributed by atoms with E-state index in [0.717, 1.165) is 5.56 Å². The van der Waals surface area contributed by atoms with Gasteiger partial charge in [-0.25, -0.2) is 9.07 Å². The van der Waals surface area contributed by atoms with Gasteiger partial charge in [0, 0.05) is 12.1 Å². The molecule has 0 fully saturated rings. The molecule has 3 aromatic rings. The molecular weight excluding hydrogens is 331 g/mol. The van der Waals surface area contributed by atoms with Crippen LogP contribution in [0.1, 0.15) is 21.6 Å². The molecule has 7 heteroatoms. The maximum atomic E-state index is 13.6. The van der Waals surface area contributed by atoms with Crippen molar-refractivity contribution in [1.29, 1.82) is 0 Å². The van der Waals surface area contributed by atoms with Crippen LogP contribution < -0.4 is 5.32 Å². The molecule has 3 rings (SSSR count). The third-order valence-corrected chi connectivity index (χ3v) is 3.84. The molecule has 0 atom stereocenters. The van der Waals surface area contributed by atoms with Crippen molar-refractivity contribution in [3.8, 4) is 0 Å². The zero-order valence-electron chi connectivity index (χ0n) is 12.6. The second-order valence-corrected chi connectivity index (χ2v) is 5.50. The second kappa shape index (κ2) is 7.23. The van der Waals surface area contributed by atoms with E-state index in [2.05, 4.69) is 15.6 Å². The molecule has 0 unspecified atom stereocenters. The average molecular weight is 345 g/mol. The standard InChI is InChI=1S/C17H14ClFN4O/c18-16-15(17(24)20-10-13-8-4-5-9-14(13)19)21-22-23(16)11-12-6-2-1-3-7-12/h1-9H,10-11H2,(H,20,24). The van der Waals surface area contributed by atoms with E-state index in [1.807, 2.05) is 30.3 Å². The molecule has 5 nitrogen and oxygen atoms in total. The molecule has 0 aliphatic carbocycles. The Bertz CT molecular complexity index is 851. The Balaban J connectivity index is 1.69. The number of halogens is 2. The molecule has 0 saturated carbocycles. The van der Waals surface area contributed by atoms with E-state index in [-0.39, 0.29) is 23.2 Å². The number of aromatic nitrogens is 3. The van der Waals surface area contributed by atoms with Crippen LogP contribution >= 0.6 is 11.6 Å². The van der Waals surface area contributed by atoms with Crippen molar-refractivity contribution in [2.24, 2.45) is 0 Å². The van der Waals surface area contributed by atoms with Gasteiger partial charge in [-0.2, -0.15) is 0 Å². The number of hydrogen-bond donors (Lipinski definition) is 1. The Morgan fingerprint density at radius 2 is 1.83 bits per heavy atom. The monoisotopic (exact) mass is 344 g/mol. The van der Waals surface area contributed by atoms with Crippen molar-refractivity contribution in [3.63, 3.8) is 0 Å². The van der Waals surface area contributed by atoms with Gasteiger partial charge >= 0.3 is 0 Å². The molecular formula is C17H14ClFN4O. The number of carbonyl (C=O) groups is 1. The molecule has 0 radical (unpaired) electrons. The second-order valence-electron chi connectivity index (χ2n) is 5.15. The first-order valence-electron chi connectivity index (χ1n) is 7.29. The molecule has 2 aromatic carbocycles. The third-order valence-electron chi connectivity index (χ3n) is 3.46. The molecule has 122 valence electrons. The van der Waals surface area contributed by atoms with Gasteiger partial charge in [-0.1, -0.05) is 65.3 Å². The maximum Gasteiger partial charge on any atom is 0.275 e. The topological polar surface area (TPSA) is 59.8 Å². The first kappa shape index (κ1) is 16.1. The van der Waals surface area contributed by atoms with Gasteiger partial charge in [0.25, 0.3) is 5.91 Å². The number of carbonyl (C=O) groups excluding carboxylic acids is 1. The predicted octanol–water partition coefficient (Wildman–Crippen LogP) is 3.05. The molecule has 1 N–H and O–H groups in total. The zero-order valence-corrected chi connectivity index (χ0v) is 13.4. The lowest BCUT2D eigenvalue weighted by Gasteiger charge is -2.05. The molecule has 1 amide bonds. The van der Waals surface area contributed by atoms with E-state index >= 15 is 0 Å². The molecule has 0 aliphatic heterocycles. The molecule has 1 heterocycles. The Hall–Kier alpha value is -2.73. The zero-order chi connectivity index (χ0) is 16.9. The van der Waals surface area contributed by atoms with Crippen LogP contribution in [0.5, 0.6) is 0 Å². The summed E-state index contributed by atoms with van der Waals surface area (Å²) in [5.41, 5.74) is 1.39. The van der Waals surface area contributed by atoms with Gasteiger partial charge in [0.2, 0.25) is 0 Å². The van der Waals surface area contributed by atoms with Crippen LogP contribution in [0, 0.1) is 5.82 Å². The first-order valence-corrected chi connectivity index (χ1v) is 7.67. The summed E-state index contributed by atoms with van der Waals surface area (Å²) in [6, 6.07) is 15.8. The van der Waals surface area contributed by atoms with Crippen molar-refractivity contribution >= 4 is 17.5 Å². The highest BCUT2D eigenvalue weighted by molar-refractivity contribution is 6.32. The van der Waals surface area contributed by atoms with Crippen LogP contribution in [-0.2, 0) is 13.1 Å². The number of hydrogen-bond acceptors (Lipinski definition) is 3. The maximum absolute atomic E-state index is 13.6. The predicted molar refractivity (Wildman–Crippen MR) is 88.1 cm³/mol. The number of rotatable bonds is 5. The summed E-state index contributed by atoms with van der Waals surface area (Å²) < 4.78 is 15.0. The van der Waals surface area contributed by atoms with E-state index < -0.39 is 5.91 Å². The highest BCUT2D eigenvalue weighted by atomic mass is 35.5. The largest absolute Gasteiger partial charge is 0.346 e. The smallest absolute Gasteiger partial charge is 0.275 e. The SMILES string of the molecule is O=C(NCc1ccccc1F)c1nnn(Cc2ccccc2)c1Cl. The number of nitrogens with zero attached hydrogens (tertiary/aromatic N) is 3. The molecule has 0 saturated heterocycles. The summed E-state index contributed by atoms with van der Waals surface area (Å²) in [6.07, 6.45) is 0. The van der Waals surface area contributed by atoms with Crippen LogP contribution in [0.4, 0.5) is 4.39 Å². The Morgan fingerprint density at radius 1 is 1.12 bits per heavy atom. The molecule has 0 aliphatic rings. The average Bonchev–Trinajstić information content (AvgIpc) is 2.96. The fourth-order valence-corrected chi connectivity index (χ4v) is 2.42. The lowest BCUT2D eigenvalue weighted by molar-refractivity contribution is 0.0945. The van der Waals surface area contributed by atoms with Crippen molar-refractivity contribution in [3.05, 3.63) is 82.4 Å². The number of nitrogens with one attached hydrogen (secondary N) is 1. The lowest BCUT2D eigenvalue weighted by Crippen LogP contribution is -2.24. The van der Waals surface area contributed by atoms with E-state index in [4.69, 9.17) is 11.6 Å². The van der Waals surface area contributed by atoms with E-state index in [1.54, 1.807) is 18.2 Å². The van der Waals surface area contributed by atoms with Crippen molar-refractivity contribution in [2.45, 2.75) is 13.1 Å². The van der Waals surface area contributed by atoms with Gasteiger partial charge in [0.15, 0.2) is 10.8 Å². The van der Waals surface area contributed by atoms with Gasteiger partial charge < -0.3 is 5.32 Å². The molecule has 24 heavy (non-hydrogen) atoms. The highest BCUT2D eigenvalue weighted by Gasteiger charge is 2.18. The summed E-state index contributed by atoms with van der Waals surface area (Å²) in [5.74, 6) is -0.876. The van der Waals surface area contributed by atoms with Gasteiger partial charge in [-0.3, -0.25) is 4.79 Å². The van der Waals surface area contributed by atoms with Gasteiger partial charge in [0.1, 0.15) is 5.82 Å². The van der Waals surface area contributed by atoms with Crippen LogP contribution in [0.3, 0.4) is 0 Å². The van der Waals surface area contributed by atoms with Crippen LogP contribution in [0.2, 0.25) is 5.15 Å². The Kier molecular flexibility index (Phi) is 4.86. The van der Waals surface area contributed by atoms with Crippen molar-refractivity contribution in [1.82, 2.24) is 20.3 Å². The Morgan fingerprint density at radius 3 is 2.58 bits per heavy atom. The third kappa shape index (κ3) is 3.60. The normalized spacial score (nSPS) is 10.6. The molecule has 0 bridgehead atoms. The van der Waals surface area contributed by atoms with Crippen LogP contribution in [0.15, 0.2) is 54.6 Å². The van der Waals surface area contributed by atoms with E-state index in [9.17, 15) is 9.18 Å². The fourth-order valence-electron chi connectivity index (χ4n) is 2.20. The quantitative estimate of drug-likeness (QED) is 0.774. The summed E-state index contributed by atoms with van der Waals surface area (Å²) >= 11 is 6.19. The minimum absolute atomic E-state index is 0.0175. The summed E-state index contributed by atoms with van der Waals surface area (Å²) in [7, 11) is 0. The van der Waals surface area contributed by atoms with Crippen LogP contribution in [0.25, 0.3) is 0 Å². The van der Waals surface area contributed by atoms with Crippen molar-refractivity contribution < 1.29 is 9.18 Å². The number of amides is 1. The van der Waals surface area contributed by atoms with E-state index in [0.29, 0.717) is 12.1 Å². The Labute approximate surface area is 143 Å². The van der Waals surface area contributed by atoms with Gasteiger partial charge in [-0.15, -0.1) is 5.10 Å². The lowest BCUT2D eigenvalue weighted by atomic mass is 10.2. The van der Waals surface area contributed by atoms with Crippen molar-refractivity contribution in [2.75, 3.05) is 0 Å². The fraction of sp³-hybridized carbons (Fsp3) is 0.118. The minimum atomic E-state index is -0.498. The molecule has 1 aromatic heterocycles. The highest BCUT2D eigenvalue weighted by Crippen LogP contribution is 2.15. The summed E-state index contributed by atoms with van der Waals surface area (Å²) in [6.45, 7) is 0.459. The van der Waals surface area contributed by atoms with Gasteiger partial charge in [-0.05, 0) is 11.6 Å². The van der Waals surface area contributed by atoms with E-state index in [1.165, 1.54) is 10.7 Å². The molecule has 0 spiro atoms. The van der Waals surface area contributed by atoms with Crippen LogP contribution in [-0.4, -0.2) is 20.9 Å².